The average molecular weight is 264 g/mol. The number of hydrogen-bond donors (Lipinski definition) is 1. The van der Waals surface area contributed by atoms with E-state index < -0.39 is 0 Å². The van der Waals surface area contributed by atoms with Gasteiger partial charge in [-0.15, -0.1) is 0 Å². The van der Waals surface area contributed by atoms with Gasteiger partial charge in [-0.1, -0.05) is 49.4 Å². The SMILES string of the molecule is NC1(c2ccc(Cl)cc2)CC2(CCCCCC2)C1. The van der Waals surface area contributed by atoms with Gasteiger partial charge >= 0.3 is 0 Å². The molecule has 0 aliphatic heterocycles. The van der Waals surface area contributed by atoms with Crippen molar-refractivity contribution in [2.75, 3.05) is 0 Å². The molecule has 0 radical (unpaired) electrons. The molecule has 2 fully saturated rings. The van der Waals surface area contributed by atoms with Crippen molar-refractivity contribution in [3.63, 3.8) is 0 Å². The monoisotopic (exact) mass is 263 g/mol. The zero-order valence-electron chi connectivity index (χ0n) is 10.9. The van der Waals surface area contributed by atoms with Crippen LogP contribution in [0.2, 0.25) is 5.02 Å². The molecule has 0 saturated heterocycles. The van der Waals surface area contributed by atoms with E-state index in [9.17, 15) is 0 Å². The van der Waals surface area contributed by atoms with Crippen LogP contribution < -0.4 is 5.73 Å². The Labute approximate surface area is 115 Å². The zero-order valence-corrected chi connectivity index (χ0v) is 11.7. The average Bonchev–Trinajstić information content (AvgIpc) is 2.55. The molecule has 0 heterocycles. The molecule has 0 unspecified atom stereocenters. The lowest BCUT2D eigenvalue weighted by Gasteiger charge is -2.55. The van der Waals surface area contributed by atoms with Gasteiger partial charge in [-0.25, -0.2) is 0 Å². The second-order valence-electron chi connectivity index (χ2n) is 6.43. The van der Waals surface area contributed by atoms with Gasteiger partial charge in [-0.3, -0.25) is 0 Å². The van der Waals surface area contributed by atoms with Crippen LogP contribution in [0.1, 0.15) is 56.9 Å². The summed E-state index contributed by atoms with van der Waals surface area (Å²) in [6.07, 6.45) is 10.7. The summed E-state index contributed by atoms with van der Waals surface area (Å²) in [5.41, 5.74) is 8.33. The van der Waals surface area contributed by atoms with Gasteiger partial charge < -0.3 is 5.73 Å². The summed E-state index contributed by atoms with van der Waals surface area (Å²) in [7, 11) is 0. The maximum Gasteiger partial charge on any atom is 0.0420 e. The molecule has 2 saturated carbocycles. The molecule has 98 valence electrons. The van der Waals surface area contributed by atoms with E-state index in [0.29, 0.717) is 5.41 Å². The van der Waals surface area contributed by atoms with E-state index in [4.69, 9.17) is 17.3 Å². The van der Waals surface area contributed by atoms with Crippen molar-refractivity contribution in [2.24, 2.45) is 11.1 Å². The third-order valence-electron chi connectivity index (χ3n) is 4.96. The van der Waals surface area contributed by atoms with Crippen LogP contribution in [0.15, 0.2) is 24.3 Å². The fourth-order valence-electron chi connectivity index (χ4n) is 4.10. The van der Waals surface area contributed by atoms with Crippen LogP contribution in [0.5, 0.6) is 0 Å². The third kappa shape index (κ3) is 2.19. The van der Waals surface area contributed by atoms with Crippen LogP contribution in [0.3, 0.4) is 0 Å². The summed E-state index contributed by atoms with van der Waals surface area (Å²) in [5, 5.41) is 0.797. The first-order valence-corrected chi connectivity index (χ1v) is 7.55. The van der Waals surface area contributed by atoms with Gasteiger partial charge in [0.2, 0.25) is 0 Å². The molecule has 1 aromatic carbocycles. The fourth-order valence-corrected chi connectivity index (χ4v) is 4.23. The van der Waals surface area contributed by atoms with Gasteiger partial charge in [0, 0.05) is 10.6 Å². The lowest BCUT2D eigenvalue weighted by Crippen LogP contribution is -2.55. The van der Waals surface area contributed by atoms with Crippen LogP contribution in [0.4, 0.5) is 0 Å². The Bertz CT molecular complexity index is 407. The predicted molar refractivity (Wildman–Crippen MR) is 76.7 cm³/mol. The highest BCUT2D eigenvalue weighted by Crippen LogP contribution is 2.58. The number of nitrogens with two attached hydrogens (primary N) is 1. The molecule has 2 aliphatic rings. The minimum atomic E-state index is -0.0884. The molecule has 2 heteroatoms. The lowest BCUT2D eigenvalue weighted by molar-refractivity contribution is 0.00964. The van der Waals surface area contributed by atoms with Crippen molar-refractivity contribution in [3.8, 4) is 0 Å². The van der Waals surface area contributed by atoms with Crippen LogP contribution >= 0.6 is 11.6 Å². The Kier molecular flexibility index (Phi) is 3.15. The molecule has 3 rings (SSSR count). The van der Waals surface area contributed by atoms with Crippen LogP contribution in [-0.2, 0) is 5.54 Å². The van der Waals surface area contributed by atoms with E-state index in [1.165, 1.54) is 56.9 Å². The fraction of sp³-hybridized carbons (Fsp3) is 0.625. The Hall–Kier alpha value is -0.530. The minimum Gasteiger partial charge on any atom is -0.321 e. The Balaban J connectivity index is 1.74. The first-order valence-electron chi connectivity index (χ1n) is 7.17. The molecule has 1 spiro atoms. The number of hydrogen-bond acceptors (Lipinski definition) is 1. The molecular weight excluding hydrogens is 242 g/mol. The summed E-state index contributed by atoms with van der Waals surface area (Å²) in [4.78, 5) is 0. The maximum absolute atomic E-state index is 6.59. The summed E-state index contributed by atoms with van der Waals surface area (Å²) in [6.45, 7) is 0. The summed E-state index contributed by atoms with van der Waals surface area (Å²) >= 11 is 5.95. The molecule has 0 aromatic heterocycles. The number of rotatable bonds is 1. The minimum absolute atomic E-state index is 0.0884. The molecule has 0 atom stereocenters. The smallest absolute Gasteiger partial charge is 0.0420 e. The van der Waals surface area contributed by atoms with Crippen molar-refractivity contribution in [1.29, 1.82) is 0 Å². The topological polar surface area (TPSA) is 26.0 Å². The van der Waals surface area contributed by atoms with Gasteiger partial charge in [0.15, 0.2) is 0 Å². The number of halogens is 1. The van der Waals surface area contributed by atoms with Gasteiger partial charge in [0.1, 0.15) is 0 Å². The highest BCUT2D eigenvalue weighted by molar-refractivity contribution is 6.30. The zero-order chi connectivity index (χ0) is 12.6. The quantitative estimate of drug-likeness (QED) is 0.786. The Morgan fingerprint density at radius 3 is 2.00 bits per heavy atom. The van der Waals surface area contributed by atoms with Crippen molar-refractivity contribution < 1.29 is 0 Å². The van der Waals surface area contributed by atoms with Crippen molar-refractivity contribution >= 4 is 11.6 Å². The normalized spacial score (nSPS) is 25.4. The second kappa shape index (κ2) is 4.54. The maximum atomic E-state index is 6.59. The number of benzene rings is 1. The van der Waals surface area contributed by atoms with E-state index in [1.54, 1.807) is 0 Å². The van der Waals surface area contributed by atoms with Crippen molar-refractivity contribution in [2.45, 2.75) is 56.9 Å². The van der Waals surface area contributed by atoms with Crippen molar-refractivity contribution in [1.82, 2.24) is 0 Å². The summed E-state index contributed by atoms with van der Waals surface area (Å²) in [5.74, 6) is 0. The van der Waals surface area contributed by atoms with Crippen LogP contribution in [0, 0.1) is 5.41 Å². The first kappa shape index (κ1) is 12.5. The Morgan fingerprint density at radius 1 is 0.889 bits per heavy atom. The standard InChI is InChI=1S/C16H22ClN/c17-14-7-5-13(6-8-14)16(18)11-15(12-16)9-3-1-2-4-10-15/h5-8H,1-4,9-12,18H2. The first-order chi connectivity index (χ1) is 8.62. The van der Waals surface area contributed by atoms with Gasteiger partial charge in [0.05, 0.1) is 0 Å². The third-order valence-corrected chi connectivity index (χ3v) is 5.22. The lowest BCUT2D eigenvalue weighted by atomic mass is 9.53. The predicted octanol–water partition coefficient (Wildman–Crippen LogP) is 4.63. The van der Waals surface area contributed by atoms with Gasteiger partial charge in [0.25, 0.3) is 0 Å². The van der Waals surface area contributed by atoms with Gasteiger partial charge in [-0.2, -0.15) is 0 Å². The molecule has 18 heavy (non-hydrogen) atoms. The molecular formula is C16H22ClN. The molecule has 2 N–H and O–H groups in total. The van der Waals surface area contributed by atoms with Gasteiger partial charge in [-0.05, 0) is 48.8 Å². The highest BCUT2D eigenvalue weighted by Gasteiger charge is 2.52. The van der Waals surface area contributed by atoms with E-state index in [0.717, 1.165) is 5.02 Å². The molecule has 1 nitrogen and oxygen atoms in total. The van der Waals surface area contributed by atoms with Crippen LogP contribution in [0.25, 0.3) is 0 Å². The van der Waals surface area contributed by atoms with E-state index in [2.05, 4.69) is 12.1 Å². The molecule has 0 amide bonds. The molecule has 2 aliphatic carbocycles. The summed E-state index contributed by atoms with van der Waals surface area (Å²) in [6, 6.07) is 8.13. The largest absolute Gasteiger partial charge is 0.321 e. The van der Waals surface area contributed by atoms with E-state index >= 15 is 0 Å². The second-order valence-corrected chi connectivity index (χ2v) is 6.87. The Morgan fingerprint density at radius 2 is 1.44 bits per heavy atom. The van der Waals surface area contributed by atoms with Crippen LogP contribution in [-0.4, -0.2) is 0 Å². The molecule has 0 bridgehead atoms. The molecule has 1 aromatic rings. The van der Waals surface area contributed by atoms with E-state index in [1.807, 2.05) is 12.1 Å². The van der Waals surface area contributed by atoms with Crippen molar-refractivity contribution in [3.05, 3.63) is 34.9 Å². The summed E-state index contributed by atoms with van der Waals surface area (Å²) < 4.78 is 0. The van der Waals surface area contributed by atoms with E-state index in [-0.39, 0.29) is 5.54 Å². The highest BCUT2D eigenvalue weighted by atomic mass is 35.5.